The van der Waals surface area contributed by atoms with Gasteiger partial charge in [-0.05, 0) is 50.8 Å². The molecule has 0 fully saturated rings. The summed E-state index contributed by atoms with van der Waals surface area (Å²) >= 11 is 0. The van der Waals surface area contributed by atoms with Crippen LogP contribution in [0.4, 0.5) is 4.79 Å². The second-order valence-corrected chi connectivity index (χ2v) is 9.82. The maximum absolute atomic E-state index is 13.2. The third kappa shape index (κ3) is 11.0. The number of esters is 1. The molecule has 2 atom stereocenters. The van der Waals surface area contributed by atoms with Gasteiger partial charge in [0.05, 0.1) is 6.61 Å². The van der Waals surface area contributed by atoms with Crippen molar-refractivity contribution in [3.05, 3.63) is 66.0 Å². The fraction of sp³-hybridized carbons (Fsp3) is 0.481. The number of alkyl carbamates (subject to hydrolysis) is 1. The number of hydrogen-bond donors (Lipinski definition) is 2. The molecule has 0 unspecified atom stereocenters. The molecular formula is C27H37N3O5. The second kappa shape index (κ2) is 13.5. The lowest BCUT2D eigenvalue weighted by Gasteiger charge is -2.27. The predicted molar refractivity (Wildman–Crippen MR) is 134 cm³/mol. The molecule has 0 aliphatic carbocycles. The molecular weight excluding hydrogens is 446 g/mol. The molecule has 1 aromatic heterocycles. The van der Waals surface area contributed by atoms with Gasteiger partial charge in [0.2, 0.25) is 5.91 Å². The Hall–Kier alpha value is -3.42. The summed E-state index contributed by atoms with van der Waals surface area (Å²) in [6.07, 6.45) is 2.07. The zero-order valence-electron chi connectivity index (χ0n) is 21.2. The zero-order valence-corrected chi connectivity index (χ0v) is 21.2. The van der Waals surface area contributed by atoms with E-state index in [0.29, 0.717) is 12.8 Å². The van der Waals surface area contributed by atoms with E-state index < -0.39 is 35.7 Å². The minimum Gasteiger partial charge on any atom is -0.458 e. The van der Waals surface area contributed by atoms with Gasteiger partial charge in [-0.1, -0.05) is 50.2 Å². The molecule has 0 aliphatic rings. The predicted octanol–water partition coefficient (Wildman–Crippen LogP) is 3.83. The Morgan fingerprint density at radius 1 is 0.943 bits per heavy atom. The number of nitrogens with one attached hydrogen (secondary N) is 2. The normalized spacial score (nSPS) is 13.0. The van der Waals surface area contributed by atoms with E-state index in [-0.39, 0.29) is 18.9 Å². The van der Waals surface area contributed by atoms with Crippen LogP contribution < -0.4 is 10.6 Å². The van der Waals surface area contributed by atoms with Crippen molar-refractivity contribution in [1.29, 1.82) is 0 Å². The minimum absolute atomic E-state index is 0.121. The van der Waals surface area contributed by atoms with E-state index in [4.69, 9.17) is 9.47 Å². The van der Waals surface area contributed by atoms with Gasteiger partial charge in [0.1, 0.15) is 17.7 Å². The first-order valence-electron chi connectivity index (χ1n) is 11.9. The molecule has 0 spiro atoms. The average Bonchev–Trinajstić information content (AvgIpc) is 2.78. The van der Waals surface area contributed by atoms with E-state index in [0.717, 1.165) is 11.3 Å². The summed E-state index contributed by atoms with van der Waals surface area (Å²) in [5, 5.41) is 5.44. The van der Waals surface area contributed by atoms with Crippen LogP contribution in [0.3, 0.4) is 0 Å². The number of amides is 2. The Labute approximate surface area is 207 Å². The third-order valence-corrected chi connectivity index (χ3v) is 4.92. The summed E-state index contributed by atoms with van der Waals surface area (Å²) in [7, 11) is 0. The number of aromatic nitrogens is 1. The van der Waals surface area contributed by atoms with Crippen LogP contribution in [-0.2, 0) is 31.9 Å². The van der Waals surface area contributed by atoms with Gasteiger partial charge >= 0.3 is 12.1 Å². The zero-order chi connectivity index (χ0) is 25.8. The van der Waals surface area contributed by atoms with E-state index >= 15 is 0 Å². The molecule has 2 aromatic rings. The largest absolute Gasteiger partial charge is 0.458 e. The smallest absolute Gasteiger partial charge is 0.407 e. The standard InChI is InChI=1S/C27H37N3O5/c1-19(2)17-23(25(32)35-27(3,4)5)29-24(31)22(18-20-11-7-6-8-12-20)30-26(33)34-16-14-21-13-9-10-15-28-21/h6-13,15,19,22-23H,14,16-18H2,1-5H3,(H,29,31)(H,30,33)/t22-,23-/m0/s1. The second-order valence-electron chi connectivity index (χ2n) is 9.82. The quantitative estimate of drug-likeness (QED) is 0.471. The van der Waals surface area contributed by atoms with E-state index in [1.54, 1.807) is 27.0 Å². The van der Waals surface area contributed by atoms with Gasteiger partial charge in [-0.25, -0.2) is 9.59 Å². The van der Waals surface area contributed by atoms with Crippen LogP contribution in [0.25, 0.3) is 0 Å². The van der Waals surface area contributed by atoms with Crippen molar-refractivity contribution in [3.63, 3.8) is 0 Å². The lowest BCUT2D eigenvalue weighted by atomic mass is 10.0. The summed E-state index contributed by atoms with van der Waals surface area (Å²) in [4.78, 5) is 42.7. The molecule has 0 saturated carbocycles. The first-order chi connectivity index (χ1) is 16.5. The number of rotatable bonds is 11. The van der Waals surface area contributed by atoms with Gasteiger partial charge in [0.25, 0.3) is 0 Å². The van der Waals surface area contributed by atoms with Crippen molar-refractivity contribution in [2.45, 2.75) is 71.6 Å². The van der Waals surface area contributed by atoms with Gasteiger partial charge in [-0.15, -0.1) is 0 Å². The molecule has 0 bridgehead atoms. The molecule has 0 saturated heterocycles. The van der Waals surface area contributed by atoms with Crippen LogP contribution in [0.15, 0.2) is 54.7 Å². The minimum atomic E-state index is -0.933. The molecule has 2 N–H and O–H groups in total. The Kier molecular flexibility index (Phi) is 10.7. The number of carbonyl (C=O) groups is 3. The summed E-state index contributed by atoms with van der Waals surface area (Å²) in [5.74, 6) is -0.840. The molecule has 2 amide bonds. The lowest BCUT2D eigenvalue weighted by molar-refractivity contribution is -0.159. The Morgan fingerprint density at radius 2 is 1.63 bits per heavy atom. The van der Waals surface area contributed by atoms with Crippen molar-refractivity contribution in [3.8, 4) is 0 Å². The highest BCUT2D eigenvalue weighted by molar-refractivity contribution is 5.90. The van der Waals surface area contributed by atoms with E-state index in [1.807, 2.05) is 62.4 Å². The number of pyridine rings is 1. The fourth-order valence-corrected chi connectivity index (χ4v) is 3.37. The molecule has 2 rings (SSSR count). The van der Waals surface area contributed by atoms with E-state index in [2.05, 4.69) is 15.6 Å². The van der Waals surface area contributed by atoms with Crippen LogP contribution in [0.5, 0.6) is 0 Å². The summed E-state index contributed by atoms with van der Waals surface area (Å²) < 4.78 is 10.8. The van der Waals surface area contributed by atoms with Gasteiger partial charge in [-0.3, -0.25) is 9.78 Å². The van der Waals surface area contributed by atoms with Crippen LogP contribution in [0, 0.1) is 5.92 Å². The fourth-order valence-electron chi connectivity index (χ4n) is 3.37. The average molecular weight is 484 g/mol. The van der Waals surface area contributed by atoms with Crippen LogP contribution >= 0.6 is 0 Å². The number of hydrogen-bond acceptors (Lipinski definition) is 6. The van der Waals surface area contributed by atoms with Crippen LogP contribution in [-0.4, -0.2) is 47.2 Å². The van der Waals surface area contributed by atoms with Crippen LogP contribution in [0.1, 0.15) is 52.3 Å². The Balaban J connectivity index is 2.08. The molecule has 1 heterocycles. The van der Waals surface area contributed by atoms with Crippen LogP contribution in [0.2, 0.25) is 0 Å². The highest BCUT2D eigenvalue weighted by atomic mass is 16.6. The molecule has 35 heavy (non-hydrogen) atoms. The Morgan fingerprint density at radius 3 is 2.23 bits per heavy atom. The monoisotopic (exact) mass is 483 g/mol. The number of benzene rings is 1. The lowest BCUT2D eigenvalue weighted by Crippen LogP contribution is -2.53. The Bertz CT molecular complexity index is 942. The van der Waals surface area contributed by atoms with Crippen molar-refractivity contribution < 1.29 is 23.9 Å². The van der Waals surface area contributed by atoms with Crippen molar-refractivity contribution in [1.82, 2.24) is 15.6 Å². The summed E-state index contributed by atoms with van der Waals surface area (Å²) in [6.45, 7) is 9.38. The highest BCUT2D eigenvalue weighted by Gasteiger charge is 2.30. The van der Waals surface area contributed by atoms with Crippen molar-refractivity contribution in [2.75, 3.05) is 6.61 Å². The van der Waals surface area contributed by atoms with Crippen molar-refractivity contribution in [2.24, 2.45) is 5.92 Å². The van der Waals surface area contributed by atoms with E-state index in [1.165, 1.54) is 0 Å². The topological polar surface area (TPSA) is 107 Å². The molecule has 0 aliphatic heterocycles. The molecule has 190 valence electrons. The van der Waals surface area contributed by atoms with Gasteiger partial charge in [0, 0.05) is 24.7 Å². The van der Waals surface area contributed by atoms with E-state index in [9.17, 15) is 14.4 Å². The first kappa shape index (κ1) is 27.8. The van der Waals surface area contributed by atoms with Gasteiger partial charge in [-0.2, -0.15) is 0 Å². The molecule has 8 nitrogen and oxygen atoms in total. The summed E-state index contributed by atoms with van der Waals surface area (Å²) in [5.41, 5.74) is 0.975. The molecule has 1 aromatic carbocycles. The molecule has 0 radical (unpaired) electrons. The molecule has 8 heteroatoms. The SMILES string of the molecule is CC(C)C[C@H](NC(=O)[C@H](Cc1ccccc1)NC(=O)OCCc1ccccn1)C(=O)OC(C)(C)C. The number of carbonyl (C=O) groups excluding carboxylic acids is 3. The van der Waals surface area contributed by atoms with Gasteiger partial charge < -0.3 is 20.1 Å². The maximum Gasteiger partial charge on any atom is 0.407 e. The third-order valence-electron chi connectivity index (χ3n) is 4.92. The first-order valence-corrected chi connectivity index (χ1v) is 11.9. The van der Waals surface area contributed by atoms with Gasteiger partial charge in [0.15, 0.2) is 0 Å². The number of ether oxygens (including phenoxy) is 2. The number of nitrogens with zero attached hydrogens (tertiary/aromatic N) is 1. The maximum atomic E-state index is 13.2. The summed E-state index contributed by atoms with van der Waals surface area (Å²) in [6, 6.07) is 13.1. The van der Waals surface area contributed by atoms with Crippen molar-refractivity contribution >= 4 is 18.0 Å². The highest BCUT2D eigenvalue weighted by Crippen LogP contribution is 2.14.